The average Bonchev–Trinajstić information content (AvgIpc) is 2.79. The molecule has 6 heteroatoms. The van der Waals surface area contributed by atoms with Gasteiger partial charge in [0.2, 0.25) is 0 Å². The third-order valence-corrected chi connectivity index (χ3v) is 6.25. The largest absolute Gasteiger partial charge is 0.383 e. The summed E-state index contributed by atoms with van der Waals surface area (Å²) >= 11 is 3.50. The van der Waals surface area contributed by atoms with E-state index in [1.165, 1.54) is 5.56 Å². The van der Waals surface area contributed by atoms with Gasteiger partial charge in [0, 0.05) is 30.6 Å². The Morgan fingerprint density at radius 2 is 2.29 bits per heavy atom. The van der Waals surface area contributed by atoms with Gasteiger partial charge in [-0.15, -0.1) is 0 Å². The summed E-state index contributed by atoms with van der Waals surface area (Å²) in [4.78, 5) is 0. The van der Waals surface area contributed by atoms with E-state index >= 15 is 0 Å². The first kappa shape index (κ1) is 16.9. The lowest BCUT2D eigenvalue weighted by Gasteiger charge is -2.24. The number of rotatable bonds is 7. The van der Waals surface area contributed by atoms with Crippen molar-refractivity contribution in [1.82, 2.24) is 5.32 Å². The van der Waals surface area contributed by atoms with Gasteiger partial charge in [-0.25, -0.2) is 8.42 Å². The maximum absolute atomic E-state index is 11.8. The zero-order valence-corrected chi connectivity index (χ0v) is 14.6. The Labute approximate surface area is 135 Å². The molecule has 0 bridgehead atoms. The fourth-order valence-corrected chi connectivity index (χ4v) is 5.16. The van der Waals surface area contributed by atoms with Crippen molar-refractivity contribution in [2.75, 3.05) is 38.3 Å². The molecule has 1 aliphatic rings. The summed E-state index contributed by atoms with van der Waals surface area (Å²) in [5.74, 6) is 1.03. The lowest BCUT2D eigenvalue weighted by atomic mass is 9.85. The molecule has 2 unspecified atom stereocenters. The van der Waals surface area contributed by atoms with E-state index in [-0.39, 0.29) is 11.8 Å². The normalized spacial score (nSPS) is 22.3. The van der Waals surface area contributed by atoms with Crippen molar-refractivity contribution in [3.8, 4) is 0 Å². The van der Waals surface area contributed by atoms with E-state index in [0.717, 1.165) is 24.0 Å². The Balaban J connectivity index is 2.10. The second-order valence-electron chi connectivity index (χ2n) is 5.52. The fraction of sp³-hybridized carbons (Fsp3) is 0.600. The van der Waals surface area contributed by atoms with Crippen LogP contribution < -0.4 is 5.32 Å². The predicted molar refractivity (Wildman–Crippen MR) is 88.4 cm³/mol. The van der Waals surface area contributed by atoms with Crippen molar-refractivity contribution in [1.29, 1.82) is 0 Å². The molecule has 0 radical (unpaired) electrons. The Bertz CT molecular complexity index is 562. The van der Waals surface area contributed by atoms with Gasteiger partial charge in [0.05, 0.1) is 18.1 Å². The first-order chi connectivity index (χ1) is 10.0. The van der Waals surface area contributed by atoms with Crippen LogP contribution >= 0.6 is 15.9 Å². The molecule has 2 atom stereocenters. The van der Waals surface area contributed by atoms with Gasteiger partial charge in [-0.05, 0) is 30.0 Å². The molecule has 1 saturated heterocycles. The minimum absolute atomic E-state index is 0.194. The predicted octanol–water partition coefficient (Wildman–Crippen LogP) is 2.20. The number of hydrogen-bond acceptors (Lipinski definition) is 4. The number of hydrogen-bond donors (Lipinski definition) is 1. The van der Waals surface area contributed by atoms with Gasteiger partial charge < -0.3 is 10.1 Å². The van der Waals surface area contributed by atoms with Gasteiger partial charge in [0.1, 0.15) is 0 Å². The number of benzene rings is 1. The number of halogens is 1. The molecule has 0 amide bonds. The molecule has 0 saturated carbocycles. The average molecular weight is 376 g/mol. The minimum Gasteiger partial charge on any atom is -0.383 e. The zero-order valence-electron chi connectivity index (χ0n) is 12.2. The molecule has 2 rings (SSSR count). The van der Waals surface area contributed by atoms with Crippen LogP contribution in [0.25, 0.3) is 0 Å². The lowest BCUT2D eigenvalue weighted by Crippen LogP contribution is -2.29. The molecule has 1 aliphatic heterocycles. The topological polar surface area (TPSA) is 55.4 Å². The SMILES string of the molecule is COCCNCC(c1cccc(Br)c1)C1CCS(=O)(=O)C1. The van der Waals surface area contributed by atoms with E-state index in [4.69, 9.17) is 4.74 Å². The molecule has 1 heterocycles. The van der Waals surface area contributed by atoms with Gasteiger partial charge >= 0.3 is 0 Å². The highest BCUT2D eigenvalue weighted by atomic mass is 79.9. The smallest absolute Gasteiger partial charge is 0.150 e. The number of sulfone groups is 1. The Kier molecular flexibility index (Phi) is 6.22. The third-order valence-electron chi connectivity index (χ3n) is 3.96. The molecule has 1 fully saturated rings. The van der Waals surface area contributed by atoms with Gasteiger partial charge in [0.15, 0.2) is 9.84 Å². The fourth-order valence-electron chi connectivity index (χ4n) is 2.87. The van der Waals surface area contributed by atoms with Crippen LogP contribution in [0.3, 0.4) is 0 Å². The molecular formula is C15H22BrNO3S. The van der Waals surface area contributed by atoms with Crippen LogP contribution in [0.15, 0.2) is 28.7 Å². The molecule has 21 heavy (non-hydrogen) atoms. The van der Waals surface area contributed by atoms with Crippen LogP contribution in [0.2, 0.25) is 0 Å². The van der Waals surface area contributed by atoms with Crippen molar-refractivity contribution < 1.29 is 13.2 Å². The highest BCUT2D eigenvalue weighted by Crippen LogP contribution is 2.33. The number of methoxy groups -OCH3 is 1. The van der Waals surface area contributed by atoms with Gasteiger partial charge in [-0.3, -0.25) is 0 Å². The Morgan fingerprint density at radius 3 is 2.90 bits per heavy atom. The van der Waals surface area contributed by atoms with E-state index in [2.05, 4.69) is 33.4 Å². The van der Waals surface area contributed by atoms with Crippen LogP contribution in [0.5, 0.6) is 0 Å². The summed E-state index contributed by atoms with van der Waals surface area (Å²) < 4.78 is 29.6. The summed E-state index contributed by atoms with van der Waals surface area (Å²) in [6.07, 6.45) is 0.755. The molecule has 4 nitrogen and oxygen atoms in total. The summed E-state index contributed by atoms with van der Waals surface area (Å²) in [5.41, 5.74) is 1.19. The van der Waals surface area contributed by atoms with E-state index < -0.39 is 9.84 Å². The van der Waals surface area contributed by atoms with Gasteiger partial charge in [0.25, 0.3) is 0 Å². The van der Waals surface area contributed by atoms with Crippen molar-refractivity contribution in [3.05, 3.63) is 34.3 Å². The standard InChI is InChI=1S/C15H22BrNO3S/c1-20-7-6-17-10-15(12-3-2-4-14(16)9-12)13-5-8-21(18,19)11-13/h2-4,9,13,15,17H,5-8,10-11H2,1H3. The molecule has 0 aliphatic carbocycles. The first-order valence-corrected chi connectivity index (χ1v) is 9.79. The molecular weight excluding hydrogens is 354 g/mol. The maximum Gasteiger partial charge on any atom is 0.150 e. The summed E-state index contributed by atoms with van der Waals surface area (Å²) in [5, 5.41) is 3.37. The summed E-state index contributed by atoms with van der Waals surface area (Å²) in [7, 11) is -1.18. The quantitative estimate of drug-likeness (QED) is 0.742. The van der Waals surface area contributed by atoms with Crippen LogP contribution in [0.4, 0.5) is 0 Å². The van der Waals surface area contributed by atoms with Crippen molar-refractivity contribution in [2.24, 2.45) is 5.92 Å². The van der Waals surface area contributed by atoms with Crippen LogP contribution in [0, 0.1) is 5.92 Å². The third kappa shape index (κ3) is 5.06. The molecule has 1 aromatic rings. The Hall–Kier alpha value is -0.430. The summed E-state index contributed by atoms with van der Waals surface area (Å²) in [6.45, 7) is 2.22. The van der Waals surface area contributed by atoms with Crippen LogP contribution in [-0.2, 0) is 14.6 Å². The molecule has 0 spiro atoms. The van der Waals surface area contributed by atoms with E-state index in [1.807, 2.05) is 12.1 Å². The van der Waals surface area contributed by atoms with E-state index in [9.17, 15) is 8.42 Å². The first-order valence-electron chi connectivity index (χ1n) is 7.17. The van der Waals surface area contributed by atoms with Crippen molar-refractivity contribution in [2.45, 2.75) is 12.3 Å². The van der Waals surface area contributed by atoms with E-state index in [1.54, 1.807) is 7.11 Å². The zero-order chi connectivity index (χ0) is 15.3. The van der Waals surface area contributed by atoms with Crippen molar-refractivity contribution >= 4 is 25.8 Å². The lowest BCUT2D eigenvalue weighted by molar-refractivity contribution is 0.198. The van der Waals surface area contributed by atoms with Crippen molar-refractivity contribution in [3.63, 3.8) is 0 Å². The molecule has 0 aromatic heterocycles. The van der Waals surface area contributed by atoms with Gasteiger partial charge in [-0.1, -0.05) is 28.1 Å². The van der Waals surface area contributed by atoms with Crippen LogP contribution in [-0.4, -0.2) is 46.7 Å². The minimum atomic E-state index is -2.86. The highest BCUT2D eigenvalue weighted by Gasteiger charge is 2.34. The molecule has 1 N–H and O–H groups in total. The Morgan fingerprint density at radius 1 is 1.48 bits per heavy atom. The maximum atomic E-state index is 11.8. The van der Waals surface area contributed by atoms with Gasteiger partial charge in [-0.2, -0.15) is 0 Å². The highest BCUT2D eigenvalue weighted by molar-refractivity contribution is 9.10. The summed E-state index contributed by atoms with van der Waals surface area (Å²) in [6, 6.07) is 8.17. The molecule has 1 aromatic carbocycles. The molecule has 118 valence electrons. The monoisotopic (exact) mass is 375 g/mol. The number of nitrogens with one attached hydrogen (secondary N) is 1. The second kappa shape index (κ2) is 7.72. The second-order valence-corrected chi connectivity index (χ2v) is 8.67. The number of ether oxygens (including phenoxy) is 1. The van der Waals surface area contributed by atoms with E-state index in [0.29, 0.717) is 18.1 Å². The van der Waals surface area contributed by atoms with Crippen LogP contribution in [0.1, 0.15) is 17.9 Å².